The summed E-state index contributed by atoms with van der Waals surface area (Å²) in [5.41, 5.74) is 0.673. The van der Waals surface area contributed by atoms with E-state index in [0.717, 1.165) is 0 Å². The summed E-state index contributed by atoms with van der Waals surface area (Å²) in [7, 11) is 1.62. The van der Waals surface area contributed by atoms with Crippen molar-refractivity contribution < 1.29 is 13.5 Å². The van der Waals surface area contributed by atoms with Crippen molar-refractivity contribution >= 4 is 0 Å². The van der Waals surface area contributed by atoms with Crippen molar-refractivity contribution in [2.45, 2.75) is 13.0 Å². The van der Waals surface area contributed by atoms with Crippen molar-refractivity contribution in [2.75, 3.05) is 13.7 Å². The number of hydrogen-bond acceptors (Lipinski definition) is 4. The normalized spacial score (nSPS) is 11.0. The zero-order chi connectivity index (χ0) is 16.9. The van der Waals surface area contributed by atoms with Gasteiger partial charge in [0.25, 0.3) is 0 Å². The van der Waals surface area contributed by atoms with Crippen LogP contribution in [0, 0.1) is 11.6 Å². The lowest BCUT2D eigenvalue weighted by atomic mass is 10.2. The highest BCUT2D eigenvalue weighted by Crippen LogP contribution is 2.19. The van der Waals surface area contributed by atoms with Crippen LogP contribution in [0.4, 0.5) is 8.78 Å². The van der Waals surface area contributed by atoms with Gasteiger partial charge in [0.15, 0.2) is 0 Å². The van der Waals surface area contributed by atoms with E-state index in [1.54, 1.807) is 36.5 Å². The number of nitrogens with zero attached hydrogens (tertiary/aromatic N) is 4. The average molecular weight is 330 g/mol. The number of ether oxygens (including phenoxy) is 1. The zero-order valence-corrected chi connectivity index (χ0v) is 13.1. The molecule has 0 amide bonds. The lowest BCUT2D eigenvalue weighted by Crippen LogP contribution is -2.06. The molecule has 0 bridgehead atoms. The molecule has 24 heavy (non-hydrogen) atoms. The van der Waals surface area contributed by atoms with Crippen molar-refractivity contribution in [3.05, 3.63) is 66.0 Å². The van der Waals surface area contributed by atoms with Crippen molar-refractivity contribution in [3.63, 3.8) is 0 Å². The molecule has 3 rings (SSSR count). The second-order valence-corrected chi connectivity index (χ2v) is 5.21. The first-order chi connectivity index (χ1) is 11.7. The highest BCUT2D eigenvalue weighted by molar-refractivity contribution is 5.52. The molecule has 1 aromatic carbocycles. The molecule has 0 unspecified atom stereocenters. The third-order valence-electron chi connectivity index (χ3n) is 3.60. The molecule has 2 aromatic heterocycles. The van der Waals surface area contributed by atoms with Crippen LogP contribution in [0.1, 0.15) is 11.4 Å². The van der Waals surface area contributed by atoms with Gasteiger partial charge in [-0.15, -0.1) is 0 Å². The minimum Gasteiger partial charge on any atom is -0.384 e. The third-order valence-corrected chi connectivity index (χ3v) is 3.60. The van der Waals surface area contributed by atoms with E-state index < -0.39 is 11.6 Å². The number of rotatable bonds is 6. The van der Waals surface area contributed by atoms with Gasteiger partial charge in [0, 0.05) is 43.9 Å². The van der Waals surface area contributed by atoms with Gasteiger partial charge in [-0.05, 0) is 12.1 Å². The molecule has 0 spiro atoms. The summed E-state index contributed by atoms with van der Waals surface area (Å²) in [5, 5.41) is 0. The van der Waals surface area contributed by atoms with E-state index in [1.165, 1.54) is 18.2 Å². The quantitative estimate of drug-likeness (QED) is 0.697. The van der Waals surface area contributed by atoms with Crippen LogP contribution in [-0.2, 0) is 17.7 Å². The largest absolute Gasteiger partial charge is 0.384 e. The molecule has 0 fully saturated rings. The van der Waals surface area contributed by atoms with Crippen LogP contribution in [0.5, 0.6) is 0 Å². The smallest absolute Gasteiger partial charge is 0.143 e. The van der Waals surface area contributed by atoms with E-state index >= 15 is 0 Å². The molecule has 0 aliphatic heterocycles. The maximum absolute atomic E-state index is 13.8. The molecule has 124 valence electrons. The Bertz CT molecular complexity index is 797. The number of benzene rings is 1. The lowest BCUT2D eigenvalue weighted by Gasteiger charge is -2.10. The van der Waals surface area contributed by atoms with Gasteiger partial charge >= 0.3 is 0 Å². The predicted octanol–water partition coefficient (Wildman–Crippen LogP) is 2.86. The number of methoxy groups -OCH3 is 1. The molecule has 0 radical (unpaired) electrons. The second-order valence-electron chi connectivity index (χ2n) is 5.21. The van der Waals surface area contributed by atoms with Crippen LogP contribution >= 0.6 is 0 Å². The summed E-state index contributed by atoms with van der Waals surface area (Å²) in [4.78, 5) is 12.8. The van der Waals surface area contributed by atoms with Crippen LogP contribution in [0.3, 0.4) is 0 Å². The number of halogens is 2. The van der Waals surface area contributed by atoms with E-state index in [2.05, 4.69) is 15.0 Å². The van der Waals surface area contributed by atoms with Crippen molar-refractivity contribution in [1.82, 2.24) is 19.5 Å². The molecule has 7 heteroatoms. The Hall–Kier alpha value is -2.67. The molecule has 0 aliphatic rings. The summed E-state index contributed by atoms with van der Waals surface area (Å²) < 4.78 is 34.3. The van der Waals surface area contributed by atoms with Gasteiger partial charge in [-0.25, -0.2) is 23.7 Å². The summed E-state index contributed by atoms with van der Waals surface area (Å²) in [6.45, 7) is 0.583. The van der Waals surface area contributed by atoms with Crippen molar-refractivity contribution in [2.24, 2.45) is 0 Å². The van der Waals surface area contributed by atoms with Gasteiger partial charge < -0.3 is 9.30 Å². The second kappa shape index (κ2) is 7.27. The SMILES string of the molecule is COCCc1ncc(-c2nccn2Cc2c(F)cccc2F)cn1. The summed E-state index contributed by atoms with van der Waals surface area (Å²) in [5.74, 6) is 0.0522. The van der Waals surface area contributed by atoms with Crippen LogP contribution in [0.15, 0.2) is 43.0 Å². The number of hydrogen-bond donors (Lipinski definition) is 0. The Kier molecular flexibility index (Phi) is 4.90. The molecule has 0 N–H and O–H groups in total. The van der Waals surface area contributed by atoms with Gasteiger partial charge in [0.1, 0.15) is 23.3 Å². The predicted molar refractivity (Wildman–Crippen MR) is 84.3 cm³/mol. The molecule has 3 aromatic rings. The summed E-state index contributed by atoms with van der Waals surface area (Å²) >= 11 is 0. The van der Waals surface area contributed by atoms with Crippen molar-refractivity contribution in [1.29, 1.82) is 0 Å². The first kappa shape index (κ1) is 16.2. The first-order valence-electron chi connectivity index (χ1n) is 7.43. The number of imidazole rings is 1. The minimum absolute atomic E-state index is 0.00520. The maximum atomic E-state index is 13.8. The molecule has 5 nitrogen and oxygen atoms in total. The molecular formula is C17H16F2N4O. The molecule has 0 saturated heterocycles. The van der Waals surface area contributed by atoms with Gasteiger partial charge in [0.05, 0.1) is 18.7 Å². The topological polar surface area (TPSA) is 52.8 Å². The highest BCUT2D eigenvalue weighted by atomic mass is 19.1. The standard InChI is InChI=1S/C17H16F2N4O/c1-24-8-5-16-21-9-12(10-22-16)17-20-6-7-23(17)11-13-14(18)3-2-4-15(13)19/h2-4,6-7,9-10H,5,8,11H2,1H3. The van der Waals surface area contributed by atoms with Crippen LogP contribution in [-0.4, -0.2) is 33.2 Å². The van der Waals surface area contributed by atoms with Crippen LogP contribution in [0.25, 0.3) is 11.4 Å². The lowest BCUT2D eigenvalue weighted by molar-refractivity contribution is 0.200. The Morgan fingerprint density at radius 3 is 2.46 bits per heavy atom. The Labute approximate surface area is 138 Å². The third kappa shape index (κ3) is 3.46. The van der Waals surface area contributed by atoms with Crippen LogP contribution < -0.4 is 0 Å². The monoisotopic (exact) mass is 330 g/mol. The Morgan fingerprint density at radius 2 is 1.79 bits per heavy atom. The zero-order valence-electron chi connectivity index (χ0n) is 13.1. The fourth-order valence-electron chi connectivity index (χ4n) is 2.34. The van der Waals surface area contributed by atoms with E-state index in [9.17, 15) is 8.78 Å². The minimum atomic E-state index is -0.583. The van der Waals surface area contributed by atoms with E-state index in [4.69, 9.17) is 4.74 Å². The average Bonchev–Trinajstić information content (AvgIpc) is 3.05. The first-order valence-corrected chi connectivity index (χ1v) is 7.43. The summed E-state index contributed by atoms with van der Waals surface area (Å²) in [6, 6.07) is 3.82. The molecule has 0 saturated carbocycles. The fourth-order valence-corrected chi connectivity index (χ4v) is 2.34. The van der Waals surface area contributed by atoms with E-state index in [-0.39, 0.29) is 12.1 Å². The van der Waals surface area contributed by atoms with E-state index in [0.29, 0.717) is 30.2 Å². The molecular weight excluding hydrogens is 314 g/mol. The fraction of sp³-hybridized carbons (Fsp3) is 0.235. The van der Waals surface area contributed by atoms with Gasteiger partial charge in [-0.3, -0.25) is 0 Å². The molecule has 2 heterocycles. The molecule has 0 aliphatic carbocycles. The number of aromatic nitrogens is 4. The van der Waals surface area contributed by atoms with Crippen molar-refractivity contribution in [3.8, 4) is 11.4 Å². The van der Waals surface area contributed by atoms with E-state index in [1.807, 2.05) is 0 Å². The summed E-state index contributed by atoms with van der Waals surface area (Å²) in [6.07, 6.45) is 7.15. The van der Waals surface area contributed by atoms with Crippen LogP contribution in [0.2, 0.25) is 0 Å². The van der Waals surface area contributed by atoms with Gasteiger partial charge in [0.2, 0.25) is 0 Å². The van der Waals surface area contributed by atoms with Gasteiger partial charge in [-0.1, -0.05) is 6.07 Å². The Morgan fingerprint density at radius 1 is 1.08 bits per heavy atom. The molecule has 0 atom stereocenters. The van der Waals surface area contributed by atoms with Gasteiger partial charge in [-0.2, -0.15) is 0 Å². The maximum Gasteiger partial charge on any atom is 0.143 e. The highest BCUT2D eigenvalue weighted by Gasteiger charge is 2.13. The Balaban J connectivity index is 1.85.